The summed E-state index contributed by atoms with van der Waals surface area (Å²) in [6.45, 7) is 0.633. The summed E-state index contributed by atoms with van der Waals surface area (Å²) in [6.07, 6.45) is 10.3. The monoisotopic (exact) mass is 377 g/mol. The molecule has 1 fully saturated rings. The Hall–Kier alpha value is -1.89. The van der Waals surface area contributed by atoms with Gasteiger partial charge < -0.3 is 10.2 Å². The predicted octanol–water partition coefficient (Wildman–Crippen LogP) is 2.33. The van der Waals surface area contributed by atoms with Gasteiger partial charge in [-0.2, -0.15) is 0 Å². The topological polar surface area (TPSA) is 79.4 Å². The first kappa shape index (κ1) is 18.9. The Morgan fingerprint density at radius 3 is 2.81 bits per heavy atom. The Kier molecular flexibility index (Phi) is 5.96. The molecule has 3 rings (SSSR count). The lowest BCUT2D eigenvalue weighted by Gasteiger charge is -2.25. The van der Waals surface area contributed by atoms with Crippen molar-refractivity contribution in [3.63, 3.8) is 0 Å². The third-order valence-electron chi connectivity index (χ3n) is 5.26. The number of hydrogen-bond donors (Lipinski definition) is 1. The number of aromatic nitrogens is 1. The highest BCUT2D eigenvalue weighted by atomic mass is 32.2. The van der Waals surface area contributed by atoms with Crippen LogP contribution in [0.1, 0.15) is 49.0 Å². The van der Waals surface area contributed by atoms with E-state index in [1.807, 2.05) is 18.0 Å². The number of sulfone groups is 1. The molecular formula is C19H27N3O3S. The van der Waals surface area contributed by atoms with E-state index in [0.29, 0.717) is 18.7 Å². The third-order valence-corrected chi connectivity index (χ3v) is 7.01. The minimum atomic E-state index is -2.92. The quantitative estimate of drug-likeness (QED) is 0.770. The first-order valence-electron chi connectivity index (χ1n) is 9.30. The van der Waals surface area contributed by atoms with Gasteiger partial charge in [0, 0.05) is 19.6 Å². The van der Waals surface area contributed by atoms with Crippen LogP contribution in [0.4, 0.5) is 5.69 Å². The number of hydrogen-bond acceptors (Lipinski definition) is 5. The molecular weight excluding hydrogens is 350 g/mol. The van der Waals surface area contributed by atoms with Crippen molar-refractivity contribution in [2.45, 2.75) is 44.6 Å². The molecule has 1 atom stereocenters. The number of nitrogens with one attached hydrogen (secondary N) is 1. The zero-order valence-corrected chi connectivity index (χ0v) is 16.1. The summed E-state index contributed by atoms with van der Waals surface area (Å²) in [5.74, 6) is 0.257. The maximum atomic E-state index is 12.2. The first-order valence-corrected chi connectivity index (χ1v) is 11.1. The van der Waals surface area contributed by atoms with Gasteiger partial charge in [-0.25, -0.2) is 13.4 Å². The molecule has 2 heterocycles. The molecule has 1 aromatic heterocycles. The number of nitrogens with zero attached hydrogens (tertiary/aromatic N) is 2. The molecule has 0 saturated carbocycles. The standard InChI is InChI=1S/C19H27N3O3S/c1-22(17-10-12-26(24,25)14-17)16-7-8-18(21-13-16)19(23)20-11-9-15-5-3-2-4-6-15/h5,7-8,13,17H,2-4,6,9-12,14H2,1H3,(H,20,23). The first-order chi connectivity index (χ1) is 12.4. The summed E-state index contributed by atoms with van der Waals surface area (Å²) in [4.78, 5) is 18.4. The third kappa shape index (κ3) is 4.84. The predicted molar refractivity (Wildman–Crippen MR) is 103 cm³/mol. The van der Waals surface area contributed by atoms with Crippen LogP contribution in [0.15, 0.2) is 30.0 Å². The van der Waals surface area contributed by atoms with Crippen molar-refractivity contribution in [1.82, 2.24) is 10.3 Å². The lowest BCUT2D eigenvalue weighted by Crippen LogP contribution is -2.32. The molecule has 1 amide bonds. The van der Waals surface area contributed by atoms with Crippen molar-refractivity contribution < 1.29 is 13.2 Å². The summed E-state index contributed by atoms with van der Waals surface area (Å²) in [5.41, 5.74) is 2.66. The van der Waals surface area contributed by atoms with Crippen LogP contribution in [0.25, 0.3) is 0 Å². The van der Waals surface area contributed by atoms with Crippen LogP contribution in [0.2, 0.25) is 0 Å². The lowest BCUT2D eigenvalue weighted by atomic mass is 9.97. The van der Waals surface area contributed by atoms with Gasteiger partial charge in [-0.15, -0.1) is 0 Å². The van der Waals surface area contributed by atoms with Gasteiger partial charge in [0.25, 0.3) is 5.91 Å². The highest BCUT2D eigenvalue weighted by Crippen LogP contribution is 2.22. The van der Waals surface area contributed by atoms with Gasteiger partial charge >= 0.3 is 0 Å². The molecule has 7 heteroatoms. The fourth-order valence-electron chi connectivity index (χ4n) is 3.58. The van der Waals surface area contributed by atoms with Crippen LogP contribution in [0.5, 0.6) is 0 Å². The average molecular weight is 378 g/mol. The molecule has 1 aliphatic carbocycles. The summed E-state index contributed by atoms with van der Waals surface area (Å²) in [7, 11) is -1.05. The molecule has 0 bridgehead atoms. The number of rotatable bonds is 6. The Morgan fingerprint density at radius 2 is 2.19 bits per heavy atom. The number of pyridine rings is 1. The van der Waals surface area contributed by atoms with Crippen molar-refractivity contribution in [3.8, 4) is 0 Å². The Labute approximate surface area is 155 Å². The van der Waals surface area contributed by atoms with E-state index >= 15 is 0 Å². The van der Waals surface area contributed by atoms with Gasteiger partial charge in [-0.3, -0.25) is 4.79 Å². The maximum absolute atomic E-state index is 12.2. The molecule has 1 aliphatic heterocycles. The largest absolute Gasteiger partial charge is 0.369 e. The normalized spacial score (nSPS) is 21.9. The van der Waals surface area contributed by atoms with Crippen molar-refractivity contribution in [2.24, 2.45) is 0 Å². The van der Waals surface area contributed by atoms with E-state index in [9.17, 15) is 13.2 Å². The van der Waals surface area contributed by atoms with E-state index < -0.39 is 9.84 Å². The second-order valence-corrected chi connectivity index (χ2v) is 9.41. The van der Waals surface area contributed by atoms with Gasteiger partial charge in [0.2, 0.25) is 0 Å². The van der Waals surface area contributed by atoms with Crippen LogP contribution < -0.4 is 10.2 Å². The van der Waals surface area contributed by atoms with Crippen LogP contribution in [0.3, 0.4) is 0 Å². The summed E-state index contributed by atoms with van der Waals surface area (Å²) in [6, 6.07) is 3.51. The van der Waals surface area contributed by atoms with Crippen LogP contribution >= 0.6 is 0 Å². The SMILES string of the molecule is CN(c1ccc(C(=O)NCCC2=CCCCC2)nc1)C1CCS(=O)(=O)C1. The van der Waals surface area contributed by atoms with E-state index in [-0.39, 0.29) is 23.5 Å². The molecule has 1 saturated heterocycles. The summed E-state index contributed by atoms with van der Waals surface area (Å²) >= 11 is 0. The highest BCUT2D eigenvalue weighted by molar-refractivity contribution is 7.91. The molecule has 26 heavy (non-hydrogen) atoms. The number of anilines is 1. The van der Waals surface area contributed by atoms with Crippen molar-refractivity contribution in [3.05, 3.63) is 35.7 Å². The van der Waals surface area contributed by atoms with E-state index in [1.165, 1.54) is 18.4 Å². The number of allylic oxidation sites excluding steroid dienone is 1. The van der Waals surface area contributed by atoms with Crippen molar-refractivity contribution in [1.29, 1.82) is 0 Å². The molecule has 1 N–H and O–H groups in total. The van der Waals surface area contributed by atoms with Gasteiger partial charge in [0.1, 0.15) is 5.69 Å². The number of amides is 1. The van der Waals surface area contributed by atoms with Crippen LogP contribution in [-0.2, 0) is 9.84 Å². The van der Waals surface area contributed by atoms with Crippen molar-refractivity contribution in [2.75, 3.05) is 30.0 Å². The zero-order chi connectivity index (χ0) is 18.6. The Morgan fingerprint density at radius 1 is 1.35 bits per heavy atom. The Balaban J connectivity index is 1.51. The van der Waals surface area contributed by atoms with Gasteiger partial charge in [-0.1, -0.05) is 11.6 Å². The molecule has 0 radical (unpaired) electrons. The molecule has 2 aliphatic rings. The van der Waals surface area contributed by atoms with E-state index in [4.69, 9.17) is 0 Å². The molecule has 1 unspecified atom stereocenters. The summed E-state index contributed by atoms with van der Waals surface area (Å²) in [5, 5.41) is 2.93. The van der Waals surface area contributed by atoms with Gasteiger partial charge in [-0.05, 0) is 50.7 Å². The van der Waals surface area contributed by atoms with E-state index in [1.54, 1.807) is 12.3 Å². The second kappa shape index (κ2) is 8.20. The lowest BCUT2D eigenvalue weighted by molar-refractivity contribution is 0.0949. The van der Waals surface area contributed by atoms with Crippen molar-refractivity contribution >= 4 is 21.4 Å². The fraction of sp³-hybridized carbons (Fsp3) is 0.579. The highest BCUT2D eigenvalue weighted by Gasteiger charge is 2.30. The molecule has 6 nitrogen and oxygen atoms in total. The van der Waals surface area contributed by atoms with Gasteiger partial charge in [0.15, 0.2) is 9.84 Å². The Bertz CT molecular complexity index is 772. The molecule has 1 aromatic rings. The minimum absolute atomic E-state index is 0.0229. The number of carbonyl (C=O) groups excluding carboxylic acids is 1. The van der Waals surface area contributed by atoms with Crippen LogP contribution in [0, 0.1) is 0 Å². The minimum Gasteiger partial charge on any atom is -0.369 e. The van der Waals surface area contributed by atoms with Gasteiger partial charge in [0.05, 0.1) is 23.4 Å². The summed E-state index contributed by atoms with van der Waals surface area (Å²) < 4.78 is 23.3. The zero-order valence-electron chi connectivity index (χ0n) is 15.3. The maximum Gasteiger partial charge on any atom is 0.269 e. The smallest absolute Gasteiger partial charge is 0.269 e. The molecule has 0 spiro atoms. The number of carbonyl (C=O) groups is 1. The van der Waals surface area contributed by atoms with E-state index in [0.717, 1.165) is 24.9 Å². The fourth-order valence-corrected chi connectivity index (χ4v) is 5.35. The second-order valence-electron chi connectivity index (χ2n) is 7.18. The van der Waals surface area contributed by atoms with E-state index in [2.05, 4.69) is 16.4 Å². The van der Waals surface area contributed by atoms with Crippen LogP contribution in [-0.4, -0.2) is 50.4 Å². The molecule has 0 aromatic carbocycles. The molecule has 142 valence electrons. The average Bonchev–Trinajstić information content (AvgIpc) is 3.02.